The minimum absolute atomic E-state index is 0.0485. The normalized spacial score (nSPS) is 20.2. The van der Waals surface area contributed by atoms with Gasteiger partial charge in [0.15, 0.2) is 0 Å². The number of benzene rings is 2. The third kappa shape index (κ3) is 4.68. The number of nitrogens with zero attached hydrogens (tertiary/aromatic N) is 3. The van der Waals surface area contributed by atoms with Crippen molar-refractivity contribution in [2.45, 2.75) is 12.0 Å². The summed E-state index contributed by atoms with van der Waals surface area (Å²) in [6, 6.07) is 19.0. The number of amides is 2. The Kier molecular flexibility index (Phi) is 7.09. The number of carbonyl (C=O) groups is 2. The largest absolute Gasteiger partial charge is 0.383 e. The molecule has 1 aromatic heterocycles. The molecule has 6 nitrogen and oxygen atoms in total. The number of fused-ring (bicyclic) bond motifs is 1. The molecular weight excluding hydrogens is 482 g/mol. The van der Waals surface area contributed by atoms with Crippen molar-refractivity contribution in [1.82, 2.24) is 9.80 Å². The molecule has 3 aromatic rings. The van der Waals surface area contributed by atoms with Gasteiger partial charge in [-0.25, -0.2) is 0 Å². The fourth-order valence-electron chi connectivity index (χ4n) is 5.10. The zero-order chi connectivity index (χ0) is 24.4. The fraction of sp³-hybridized carbons (Fsp3) is 0.333. The van der Waals surface area contributed by atoms with Gasteiger partial charge in [-0.15, -0.1) is 11.3 Å². The van der Waals surface area contributed by atoms with Gasteiger partial charge < -0.3 is 19.4 Å². The molecule has 2 aliphatic heterocycles. The summed E-state index contributed by atoms with van der Waals surface area (Å²) in [6.45, 7) is 3.60. The van der Waals surface area contributed by atoms with Crippen LogP contribution in [0.4, 0.5) is 5.69 Å². The molecule has 1 fully saturated rings. The summed E-state index contributed by atoms with van der Waals surface area (Å²) in [5.41, 5.74) is 2.53. The summed E-state index contributed by atoms with van der Waals surface area (Å²) in [5, 5.41) is 2.71. The van der Waals surface area contributed by atoms with Crippen molar-refractivity contribution in [3.8, 4) is 0 Å². The van der Waals surface area contributed by atoms with Gasteiger partial charge in [-0.1, -0.05) is 35.9 Å². The van der Waals surface area contributed by atoms with Crippen LogP contribution in [0.15, 0.2) is 66.0 Å². The minimum atomic E-state index is -0.457. The van der Waals surface area contributed by atoms with Crippen molar-refractivity contribution in [1.29, 1.82) is 0 Å². The van der Waals surface area contributed by atoms with Crippen molar-refractivity contribution in [3.05, 3.63) is 87.1 Å². The van der Waals surface area contributed by atoms with Crippen LogP contribution >= 0.6 is 22.9 Å². The first kappa shape index (κ1) is 23.9. The van der Waals surface area contributed by atoms with Gasteiger partial charge in [0.2, 0.25) is 5.91 Å². The van der Waals surface area contributed by atoms with E-state index in [9.17, 15) is 9.59 Å². The molecule has 3 heterocycles. The van der Waals surface area contributed by atoms with E-state index in [4.69, 9.17) is 16.3 Å². The number of rotatable bonds is 6. The standard InChI is InChI=1S/C27H28ClN3O3S/c1-34-17-16-31-25(23-7-4-18-35-23)24(21-5-2-3-6-22(21)26(31)32)27(33)30-14-12-29(13-15-30)20-10-8-19(28)9-11-20/h2-11,18,24-25H,12-17H2,1H3/t24-,25+/m0/s1. The summed E-state index contributed by atoms with van der Waals surface area (Å²) in [5.74, 6) is -0.435. The summed E-state index contributed by atoms with van der Waals surface area (Å²) in [7, 11) is 1.63. The van der Waals surface area contributed by atoms with E-state index in [-0.39, 0.29) is 17.9 Å². The molecule has 0 radical (unpaired) electrons. The van der Waals surface area contributed by atoms with E-state index in [1.165, 1.54) is 0 Å². The van der Waals surface area contributed by atoms with Crippen LogP contribution < -0.4 is 4.90 Å². The lowest BCUT2D eigenvalue weighted by Gasteiger charge is -2.44. The summed E-state index contributed by atoms with van der Waals surface area (Å²) < 4.78 is 5.32. The molecule has 0 bridgehead atoms. The highest BCUT2D eigenvalue weighted by atomic mass is 35.5. The van der Waals surface area contributed by atoms with E-state index < -0.39 is 5.92 Å². The van der Waals surface area contributed by atoms with Crippen LogP contribution in [0.1, 0.15) is 32.8 Å². The molecule has 0 unspecified atom stereocenters. The predicted octanol–water partition coefficient (Wildman–Crippen LogP) is 4.68. The van der Waals surface area contributed by atoms with Gasteiger partial charge in [0, 0.05) is 61.0 Å². The van der Waals surface area contributed by atoms with Gasteiger partial charge in [-0.05, 0) is 47.3 Å². The molecule has 1 saturated heterocycles. The number of ether oxygens (including phenoxy) is 1. The lowest BCUT2D eigenvalue weighted by Crippen LogP contribution is -2.53. The summed E-state index contributed by atoms with van der Waals surface area (Å²) in [6.07, 6.45) is 0. The molecule has 2 aromatic carbocycles. The number of halogens is 1. The lowest BCUT2D eigenvalue weighted by molar-refractivity contribution is -0.135. The van der Waals surface area contributed by atoms with Crippen LogP contribution in [0.5, 0.6) is 0 Å². The summed E-state index contributed by atoms with van der Waals surface area (Å²) in [4.78, 5) is 34.8. The third-order valence-corrected chi connectivity index (χ3v) is 8.05. The second-order valence-electron chi connectivity index (χ2n) is 8.81. The zero-order valence-electron chi connectivity index (χ0n) is 19.6. The number of hydrogen-bond acceptors (Lipinski definition) is 5. The number of methoxy groups -OCH3 is 1. The van der Waals surface area contributed by atoms with E-state index in [1.54, 1.807) is 18.4 Å². The van der Waals surface area contributed by atoms with Gasteiger partial charge in [0.25, 0.3) is 5.91 Å². The van der Waals surface area contributed by atoms with Crippen molar-refractivity contribution >= 4 is 40.4 Å². The Bertz CT molecular complexity index is 1180. The van der Waals surface area contributed by atoms with Gasteiger partial charge in [-0.3, -0.25) is 9.59 Å². The number of carbonyl (C=O) groups excluding carboxylic acids is 2. The van der Waals surface area contributed by atoms with Crippen LogP contribution in [0.2, 0.25) is 5.02 Å². The van der Waals surface area contributed by atoms with Gasteiger partial charge in [0.05, 0.1) is 18.6 Å². The Hall–Kier alpha value is -2.87. The maximum Gasteiger partial charge on any atom is 0.254 e. The Balaban J connectivity index is 1.45. The van der Waals surface area contributed by atoms with Gasteiger partial charge in [-0.2, -0.15) is 0 Å². The second kappa shape index (κ2) is 10.4. The highest BCUT2D eigenvalue weighted by Crippen LogP contribution is 2.45. The molecule has 8 heteroatoms. The van der Waals surface area contributed by atoms with Gasteiger partial charge >= 0.3 is 0 Å². The van der Waals surface area contributed by atoms with Gasteiger partial charge in [0.1, 0.15) is 0 Å². The van der Waals surface area contributed by atoms with Crippen LogP contribution in [-0.2, 0) is 9.53 Å². The fourth-order valence-corrected chi connectivity index (χ4v) is 6.10. The SMILES string of the molecule is COCCN1C(=O)c2ccccc2[C@H](C(=O)N2CCN(c3ccc(Cl)cc3)CC2)[C@H]1c1cccs1. The Morgan fingerprint density at radius 2 is 1.77 bits per heavy atom. The smallest absolute Gasteiger partial charge is 0.254 e. The quantitative estimate of drug-likeness (QED) is 0.484. The minimum Gasteiger partial charge on any atom is -0.383 e. The van der Waals surface area contributed by atoms with Crippen molar-refractivity contribution in [3.63, 3.8) is 0 Å². The third-order valence-electron chi connectivity index (χ3n) is 6.86. The van der Waals surface area contributed by atoms with E-state index >= 15 is 0 Å². The monoisotopic (exact) mass is 509 g/mol. The molecule has 0 N–H and O–H groups in total. The first-order chi connectivity index (χ1) is 17.1. The molecule has 0 saturated carbocycles. The molecule has 182 valence electrons. The van der Waals surface area contributed by atoms with Crippen molar-refractivity contribution in [2.24, 2.45) is 0 Å². The van der Waals surface area contributed by atoms with Crippen LogP contribution in [-0.4, -0.2) is 68.1 Å². The maximum atomic E-state index is 14.2. The lowest BCUT2D eigenvalue weighted by atomic mass is 9.81. The highest BCUT2D eigenvalue weighted by molar-refractivity contribution is 7.10. The van der Waals surface area contributed by atoms with Crippen molar-refractivity contribution in [2.75, 3.05) is 51.3 Å². The number of thiophene rings is 1. The Morgan fingerprint density at radius 1 is 1.03 bits per heavy atom. The van der Waals surface area contributed by atoms with E-state index in [0.29, 0.717) is 36.8 Å². The van der Waals surface area contributed by atoms with E-state index in [0.717, 1.165) is 29.2 Å². The van der Waals surface area contributed by atoms with Crippen LogP contribution in [0.3, 0.4) is 0 Å². The van der Waals surface area contributed by atoms with Crippen LogP contribution in [0, 0.1) is 0 Å². The van der Waals surface area contributed by atoms with Crippen LogP contribution in [0.25, 0.3) is 0 Å². The second-order valence-corrected chi connectivity index (χ2v) is 10.2. The predicted molar refractivity (Wildman–Crippen MR) is 139 cm³/mol. The van der Waals surface area contributed by atoms with Crippen molar-refractivity contribution < 1.29 is 14.3 Å². The molecule has 2 amide bonds. The molecule has 2 aliphatic rings. The van der Waals surface area contributed by atoms with E-state index in [2.05, 4.69) is 4.90 Å². The Labute approximate surface area is 214 Å². The van der Waals surface area contributed by atoms with E-state index in [1.807, 2.05) is 75.8 Å². The number of piperazine rings is 1. The first-order valence-corrected chi connectivity index (χ1v) is 13.1. The molecular formula is C27H28ClN3O3S. The summed E-state index contributed by atoms with van der Waals surface area (Å²) >= 11 is 7.63. The topological polar surface area (TPSA) is 53.1 Å². The number of hydrogen-bond donors (Lipinski definition) is 0. The molecule has 0 spiro atoms. The first-order valence-electron chi connectivity index (χ1n) is 11.8. The highest BCUT2D eigenvalue weighted by Gasteiger charge is 2.46. The molecule has 0 aliphatic carbocycles. The Morgan fingerprint density at radius 3 is 2.46 bits per heavy atom. The molecule has 2 atom stereocenters. The number of anilines is 1. The molecule has 5 rings (SSSR count). The molecule has 35 heavy (non-hydrogen) atoms. The average Bonchev–Trinajstić information content (AvgIpc) is 3.43. The maximum absolute atomic E-state index is 14.2. The zero-order valence-corrected chi connectivity index (χ0v) is 21.2. The average molecular weight is 510 g/mol.